The summed E-state index contributed by atoms with van der Waals surface area (Å²) in [4.78, 5) is 13.9. The Bertz CT molecular complexity index is 711. The summed E-state index contributed by atoms with van der Waals surface area (Å²) in [5, 5.41) is 12.5. The van der Waals surface area contributed by atoms with E-state index in [2.05, 4.69) is 9.71 Å². The van der Waals surface area contributed by atoms with E-state index in [9.17, 15) is 18.5 Å². The van der Waals surface area contributed by atoms with Crippen molar-refractivity contribution >= 4 is 50.0 Å². The van der Waals surface area contributed by atoms with Crippen molar-refractivity contribution in [1.29, 1.82) is 0 Å². The molecule has 0 aromatic carbocycles. The number of rotatable bonds is 6. The van der Waals surface area contributed by atoms with E-state index in [1.165, 1.54) is 11.3 Å². The Balaban J connectivity index is 2.06. The third-order valence-corrected chi connectivity index (χ3v) is 6.17. The summed E-state index contributed by atoms with van der Waals surface area (Å²) in [6, 6.07) is 0.957. The van der Waals surface area contributed by atoms with Crippen molar-refractivity contribution < 1.29 is 13.3 Å². The maximum atomic E-state index is 11.9. The highest BCUT2D eigenvalue weighted by Gasteiger charge is 2.24. The fourth-order valence-corrected chi connectivity index (χ4v) is 4.67. The molecule has 0 spiro atoms. The number of nitrogens with one attached hydrogen (secondary N) is 1. The van der Waals surface area contributed by atoms with E-state index in [1.807, 2.05) is 5.38 Å². The lowest BCUT2D eigenvalue weighted by Crippen LogP contribution is -2.25. The molecule has 0 aliphatic rings. The lowest BCUT2D eigenvalue weighted by Gasteiger charge is -2.02. The quantitative estimate of drug-likeness (QED) is 0.634. The summed E-state index contributed by atoms with van der Waals surface area (Å²) in [5.74, 6) is 0. The predicted molar refractivity (Wildman–Crippen MR) is 77.0 cm³/mol. The van der Waals surface area contributed by atoms with Crippen LogP contribution in [0.2, 0.25) is 4.34 Å². The Labute approximate surface area is 127 Å². The molecule has 0 atom stereocenters. The van der Waals surface area contributed by atoms with Crippen LogP contribution in [0.5, 0.6) is 0 Å². The van der Waals surface area contributed by atoms with Gasteiger partial charge in [0.15, 0.2) is 4.34 Å². The number of hydrogen-bond donors (Lipinski definition) is 1. The third kappa shape index (κ3) is 3.52. The topological polar surface area (TPSA) is 102 Å². The molecule has 0 saturated heterocycles. The minimum absolute atomic E-state index is 0.158. The molecule has 0 amide bonds. The molecule has 2 aromatic rings. The maximum absolute atomic E-state index is 11.9. The summed E-state index contributed by atoms with van der Waals surface area (Å²) in [6.07, 6.45) is 0.448. The van der Waals surface area contributed by atoms with E-state index < -0.39 is 20.6 Å². The van der Waals surface area contributed by atoms with Gasteiger partial charge in [0, 0.05) is 24.4 Å². The van der Waals surface area contributed by atoms with Gasteiger partial charge in [0.2, 0.25) is 10.0 Å². The van der Waals surface area contributed by atoms with Gasteiger partial charge in [-0.2, -0.15) is 0 Å². The largest absolute Gasteiger partial charge is 0.300 e. The Kier molecular flexibility index (Phi) is 4.70. The number of thiazole rings is 1. The molecular formula is C9H8ClN3O4S3. The van der Waals surface area contributed by atoms with E-state index in [-0.39, 0.29) is 15.1 Å². The number of halogens is 1. The van der Waals surface area contributed by atoms with Crippen molar-refractivity contribution in [3.8, 4) is 0 Å². The first-order valence-corrected chi connectivity index (χ1v) is 8.82. The first kappa shape index (κ1) is 15.3. The van der Waals surface area contributed by atoms with Gasteiger partial charge in [-0.25, -0.2) is 18.1 Å². The number of aromatic nitrogens is 1. The van der Waals surface area contributed by atoms with Crippen molar-refractivity contribution in [3.05, 3.63) is 37.1 Å². The van der Waals surface area contributed by atoms with Gasteiger partial charge >= 0.3 is 0 Å². The second-order valence-corrected chi connectivity index (χ2v) is 7.98. The zero-order chi connectivity index (χ0) is 14.8. The number of thiophene rings is 1. The fraction of sp³-hybridized carbons (Fsp3) is 0.222. The number of sulfonamides is 1. The van der Waals surface area contributed by atoms with E-state index in [1.54, 1.807) is 5.51 Å². The van der Waals surface area contributed by atoms with Gasteiger partial charge in [0.1, 0.15) is 4.21 Å². The minimum atomic E-state index is -3.79. The van der Waals surface area contributed by atoms with Crippen molar-refractivity contribution in [3.63, 3.8) is 0 Å². The molecule has 2 heterocycles. The number of hydrogen-bond acceptors (Lipinski definition) is 7. The monoisotopic (exact) mass is 353 g/mol. The SMILES string of the molecule is O=[N+]([O-])c1cc(S(=O)(=O)NCCc2cscn2)sc1Cl. The van der Waals surface area contributed by atoms with Crippen LogP contribution >= 0.6 is 34.3 Å². The van der Waals surface area contributed by atoms with Gasteiger partial charge in [0.25, 0.3) is 5.69 Å². The highest BCUT2D eigenvalue weighted by molar-refractivity contribution is 7.91. The average Bonchev–Trinajstić information content (AvgIpc) is 2.98. The molecule has 7 nitrogen and oxygen atoms in total. The van der Waals surface area contributed by atoms with Crippen LogP contribution in [-0.4, -0.2) is 24.9 Å². The van der Waals surface area contributed by atoms with Crippen molar-refractivity contribution in [2.24, 2.45) is 0 Å². The zero-order valence-electron chi connectivity index (χ0n) is 9.78. The Morgan fingerprint density at radius 2 is 2.25 bits per heavy atom. The smallest absolute Gasteiger partial charge is 0.258 e. The molecule has 2 rings (SSSR count). The summed E-state index contributed by atoms with van der Waals surface area (Å²) in [7, 11) is -3.79. The first-order chi connectivity index (χ1) is 9.40. The molecule has 0 aliphatic carbocycles. The zero-order valence-corrected chi connectivity index (χ0v) is 13.0. The first-order valence-electron chi connectivity index (χ1n) is 5.20. The summed E-state index contributed by atoms with van der Waals surface area (Å²) in [6.45, 7) is 0.162. The van der Waals surface area contributed by atoms with Gasteiger partial charge in [-0.1, -0.05) is 11.6 Å². The van der Waals surface area contributed by atoms with Crippen molar-refractivity contribution in [2.75, 3.05) is 6.54 Å². The van der Waals surface area contributed by atoms with E-state index in [0.717, 1.165) is 11.8 Å². The van der Waals surface area contributed by atoms with Crippen LogP contribution in [0.15, 0.2) is 21.2 Å². The van der Waals surface area contributed by atoms with Crippen LogP contribution in [0.25, 0.3) is 0 Å². The maximum Gasteiger partial charge on any atom is 0.300 e. The fourth-order valence-electron chi connectivity index (χ4n) is 1.34. The summed E-state index contributed by atoms with van der Waals surface area (Å²) in [5.41, 5.74) is 2.04. The molecule has 11 heteroatoms. The van der Waals surface area contributed by atoms with Gasteiger partial charge in [-0.15, -0.1) is 22.7 Å². The van der Waals surface area contributed by atoms with Crippen LogP contribution in [0.3, 0.4) is 0 Å². The summed E-state index contributed by atoms with van der Waals surface area (Å²) >= 11 is 7.72. The lowest BCUT2D eigenvalue weighted by atomic mass is 10.3. The third-order valence-electron chi connectivity index (χ3n) is 2.26. The standard InChI is InChI=1S/C9H8ClN3O4S3/c10-9-7(13(14)15)3-8(19-9)20(16,17)12-2-1-6-4-18-5-11-6/h3-5,12H,1-2H2. The molecule has 0 fully saturated rings. The van der Waals surface area contributed by atoms with E-state index >= 15 is 0 Å². The van der Waals surface area contributed by atoms with Crippen LogP contribution in [0.1, 0.15) is 5.69 Å². The second-order valence-electron chi connectivity index (χ2n) is 3.61. The van der Waals surface area contributed by atoms with E-state index in [4.69, 9.17) is 11.6 Å². The normalized spacial score (nSPS) is 11.7. The molecule has 0 aliphatic heterocycles. The predicted octanol–water partition coefficient (Wildman–Crippen LogP) is 2.29. The van der Waals surface area contributed by atoms with Gasteiger partial charge < -0.3 is 0 Å². The molecule has 1 N–H and O–H groups in total. The average molecular weight is 354 g/mol. The number of nitrogens with zero attached hydrogens (tertiary/aromatic N) is 2. The highest BCUT2D eigenvalue weighted by atomic mass is 35.5. The molecular weight excluding hydrogens is 346 g/mol. The second kappa shape index (κ2) is 6.14. The molecule has 2 aromatic heterocycles. The molecule has 20 heavy (non-hydrogen) atoms. The lowest BCUT2D eigenvalue weighted by molar-refractivity contribution is -0.384. The van der Waals surface area contributed by atoms with Gasteiger partial charge in [-0.05, 0) is 0 Å². The van der Waals surface area contributed by atoms with Gasteiger partial charge in [-0.3, -0.25) is 10.1 Å². The van der Waals surface area contributed by atoms with Gasteiger partial charge in [0.05, 0.1) is 16.1 Å². The Morgan fingerprint density at radius 3 is 2.80 bits per heavy atom. The van der Waals surface area contributed by atoms with Crippen molar-refractivity contribution in [1.82, 2.24) is 9.71 Å². The van der Waals surface area contributed by atoms with Crippen LogP contribution in [-0.2, 0) is 16.4 Å². The number of nitro groups is 1. The molecule has 0 bridgehead atoms. The summed E-state index contributed by atoms with van der Waals surface area (Å²) < 4.78 is 25.9. The molecule has 0 saturated carbocycles. The molecule has 0 radical (unpaired) electrons. The van der Waals surface area contributed by atoms with Crippen molar-refractivity contribution in [2.45, 2.75) is 10.6 Å². The van der Waals surface area contributed by atoms with Crippen LogP contribution in [0, 0.1) is 10.1 Å². The van der Waals surface area contributed by atoms with Crippen LogP contribution < -0.4 is 4.72 Å². The molecule has 108 valence electrons. The highest BCUT2D eigenvalue weighted by Crippen LogP contribution is 2.35. The van der Waals surface area contributed by atoms with E-state index in [0.29, 0.717) is 17.8 Å². The minimum Gasteiger partial charge on any atom is -0.258 e. The Hall–Kier alpha value is -1.07. The Morgan fingerprint density at radius 1 is 1.50 bits per heavy atom. The van der Waals surface area contributed by atoms with Crippen LogP contribution in [0.4, 0.5) is 5.69 Å². The molecule has 0 unspecified atom stereocenters.